The Morgan fingerprint density at radius 2 is 2.03 bits per heavy atom. The van der Waals surface area contributed by atoms with Crippen LogP contribution in [0.5, 0.6) is 11.5 Å². The van der Waals surface area contributed by atoms with Crippen molar-refractivity contribution in [3.63, 3.8) is 0 Å². The van der Waals surface area contributed by atoms with Crippen molar-refractivity contribution in [2.75, 3.05) is 13.3 Å². The fourth-order valence-corrected chi connectivity index (χ4v) is 3.97. The Hall–Kier alpha value is -3.24. The molecule has 0 spiro atoms. The van der Waals surface area contributed by atoms with Gasteiger partial charge in [0.1, 0.15) is 0 Å². The number of thiazole rings is 1. The van der Waals surface area contributed by atoms with Crippen LogP contribution in [0.1, 0.15) is 12.5 Å². The van der Waals surface area contributed by atoms with Crippen molar-refractivity contribution in [2.24, 2.45) is 10.1 Å². The van der Waals surface area contributed by atoms with Crippen molar-refractivity contribution in [3.05, 3.63) is 78.9 Å². The van der Waals surface area contributed by atoms with Crippen LogP contribution < -0.4 is 14.3 Å². The maximum Gasteiger partial charge on any atom is 0.282 e. The number of nitro benzene ring substituents is 1. The van der Waals surface area contributed by atoms with Gasteiger partial charge in [-0.05, 0) is 25.1 Å². The van der Waals surface area contributed by atoms with Gasteiger partial charge in [0.2, 0.25) is 11.6 Å². The van der Waals surface area contributed by atoms with E-state index in [2.05, 4.69) is 32.6 Å². The minimum absolute atomic E-state index is 0.0318. The second kappa shape index (κ2) is 8.86. The number of ether oxygens (including phenoxy) is 2. The summed E-state index contributed by atoms with van der Waals surface area (Å²) in [6.07, 6.45) is 1.44. The lowest BCUT2D eigenvalue weighted by Crippen LogP contribution is -2.13. The third-order valence-corrected chi connectivity index (χ3v) is 5.72. The van der Waals surface area contributed by atoms with Gasteiger partial charge in [-0.2, -0.15) is 5.10 Å². The maximum absolute atomic E-state index is 11.6. The quantitative estimate of drug-likeness (QED) is 0.206. The zero-order valence-electron chi connectivity index (χ0n) is 16.4. The fraction of sp³-hybridized carbons (Fsp3) is 0.143. The minimum atomic E-state index is -0.469. The number of halogens is 1. The van der Waals surface area contributed by atoms with Crippen LogP contribution in [-0.2, 0) is 0 Å². The number of hydrogen-bond acceptors (Lipinski definition) is 7. The molecule has 0 atom stereocenters. The van der Waals surface area contributed by atoms with Crippen LogP contribution in [0.2, 0.25) is 0 Å². The maximum atomic E-state index is 11.6. The molecule has 2 heterocycles. The van der Waals surface area contributed by atoms with Crippen molar-refractivity contribution in [3.8, 4) is 22.8 Å². The van der Waals surface area contributed by atoms with Crippen molar-refractivity contribution in [1.29, 1.82) is 0 Å². The van der Waals surface area contributed by atoms with E-state index in [0.29, 0.717) is 28.4 Å². The second-order valence-corrected chi connectivity index (χ2v) is 8.51. The molecular weight excluding hydrogens is 484 g/mol. The van der Waals surface area contributed by atoms with E-state index in [1.54, 1.807) is 10.7 Å². The summed E-state index contributed by atoms with van der Waals surface area (Å²) in [6, 6.07) is 10.7. The molecule has 8 nitrogen and oxygen atoms in total. The molecule has 0 aliphatic carbocycles. The van der Waals surface area contributed by atoms with Crippen LogP contribution in [-0.4, -0.2) is 29.2 Å². The monoisotopic (exact) mass is 500 g/mol. The van der Waals surface area contributed by atoms with Crippen LogP contribution in [0.4, 0.5) is 5.69 Å². The Kier molecular flexibility index (Phi) is 6.01. The summed E-state index contributed by atoms with van der Waals surface area (Å²) in [5, 5.41) is 18.1. The van der Waals surface area contributed by atoms with Gasteiger partial charge in [0.25, 0.3) is 5.69 Å². The van der Waals surface area contributed by atoms with Crippen LogP contribution in [0.15, 0.2) is 68.5 Å². The molecule has 10 heteroatoms. The molecule has 2 aromatic carbocycles. The van der Waals surface area contributed by atoms with Gasteiger partial charge in [0.15, 0.2) is 11.5 Å². The summed E-state index contributed by atoms with van der Waals surface area (Å²) in [6.45, 7) is 6.28. The Morgan fingerprint density at radius 1 is 1.32 bits per heavy atom. The average Bonchev–Trinajstić information content (AvgIpc) is 3.36. The van der Waals surface area contributed by atoms with Crippen molar-refractivity contribution < 1.29 is 14.4 Å². The average molecular weight is 501 g/mol. The van der Waals surface area contributed by atoms with Crippen LogP contribution in [0, 0.1) is 10.1 Å². The van der Waals surface area contributed by atoms with Gasteiger partial charge in [-0.15, -0.1) is 11.3 Å². The van der Waals surface area contributed by atoms with Crippen LogP contribution in [0.3, 0.4) is 0 Å². The van der Waals surface area contributed by atoms with E-state index in [1.807, 2.05) is 36.6 Å². The number of nitro groups is 1. The number of benzene rings is 2. The molecule has 0 saturated heterocycles. The first kappa shape index (κ1) is 21.0. The number of aromatic nitrogens is 1. The fourth-order valence-electron chi connectivity index (χ4n) is 2.87. The molecule has 31 heavy (non-hydrogen) atoms. The molecule has 4 rings (SSSR count). The van der Waals surface area contributed by atoms with Crippen molar-refractivity contribution in [2.45, 2.75) is 6.92 Å². The lowest BCUT2D eigenvalue weighted by Gasteiger charge is -2.05. The summed E-state index contributed by atoms with van der Waals surface area (Å²) < 4.78 is 13.2. The predicted octanol–water partition coefficient (Wildman–Crippen LogP) is 4.98. The van der Waals surface area contributed by atoms with Gasteiger partial charge in [0, 0.05) is 15.4 Å². The first-order valence-electron chi connectivity index (χ1n) is 9.16. The SMILES string of the molecule is C=C(C)CN=c1scc(-c2ccc(Br)cc2)n1N=Cc1cc2c(cc1[N+](=O)[O-])OCO2. The summed E-state index contributed by atoms with van der Waals surface area (Å²) in [5.41, 5.74) is 2.86. The highest BCUT2D eigenvalue weighted by Gasteiger charge is 2.22. The molecule has 3 aromatic rings. The summed E-state index contributed by atoms with van der Waals surface area (Å²) in [7, 11) is 0. The van der Waals surface area contributed by atoms with Crippen LogP contribution >= 0.6 is 27.3 Å². The molecule has 0 amide bonds. The lowest BCUT2D eigenvalue weighted by atomic mass is 10.1. The Bertz CT molecular complexity index is 1260. The van der Waals surface area contributed by atoms with Crippen LogP contribution in [0.25, 0.3) is 11.3 Å². The number of nitrogens with zero attached hydrogens (tertiary/aromatic N) is 4. The van der Waals surface area contributed by atoms with E-state index >= 15 is 0 Å². The largest absolute Gasteiger partial charge is 0.454 e. The Morgan fingerprint density at radius 3 is 2.71 bits per heavy atom. The normalized spacial score (nSPS) is 13.2. The molecular formula is C21H17BrN4O4S. The van der Waals surface area contributed by atoms with E-state index in [9.17, 15) is 10.1 Å². The van der Waals surface area contributed by atoms with Gasteiger partial charge in [-0.3, -0.25) is 15.1 Å². The van der Waals surface area contributed by atoms with E-state index in [-0.39, 0.29) is 12.5 Å². The molecule has 0 saturated carbocycles. The first-order chi connectivity index (χ1) is 14.9. The molecule has 0 bridgehead atoms. The molecule has 0 radical (unpaired) electrons. The molecule has 158 valence electrons. The molecule has 0 fully saturated rings. The zero-order chi connectivity index (χ0) is 22.0. The molecule has 0 unspecified atom stereocenters. The molecule has 1 aliphatic rings. The van der Waals surface area contributed by atoms with E-state index in [0.717, 1.165) is 21.3 Å². The van der Waals surface area contributed by atoms with Gasteiger partial charge in [0.05, 0.1) is 35.0 Å². The minimum Gasteiger partial charge on any atom is -0.454 e. The van der Waals surface area contributed by atoms with Crippen molar-refractivity contribution >= 4 is 39.2 Å². The van der Waals surface area contributed by atoms with Gasteiger partial charge < -0.3 is 9.47 Å². The molecule has 0 N–H and O–H groups in total. The standard InChI is InChI=1S/C21H17BrN4O4S/c1-13(2)9-23-21-25(18(11-31-21)14-3-5-16(22)6-4-14)24-10-15-7-19-20(30-12-29-19)8-17(15)26(27)28/h3-8,10-11H,1,9,12H2,2H3. The summed E-state index contributed by atoms with van der Waals surface area (Å²) >= 11 is 4.88. The highest BCUT2D eigenvalue weighted by atomic mass is 79.9. The Balaban J connectivity index is 1.82. The number of hydrogen-bond donors (Lipinski definition) is 0. The van der Waals surface area contributed by atoms with E-state index in [1.165, 1.54) is 23.6 Å². The number of fused-ring (bicyclic) bond motifs is 1. The highest BCUT2D eigenvalue weighted by Crippen LogP contribution is 2.37. The number of rotatable bonds is 6. The smallest absolute Gasteiger partial charge is 0.282 e. The third kappa shape index (κ3) is 4.59. The molecule has 1 aliphatic heterocycles. The summed E-state index contributed by atoms with van der Waals surface area (Å²) in [5.74, 6) is 0.794. The Labute approximate surface area is 190 Å². The van der Waals surface area contributed by atoms with E-state index in [4.69, 9.17) is 9.47 Å². The van der Waals surface area contributed by atoms with Crippen molar-refractivity contribution in [1.82, 2.24) is 4.68 Å². The molecule has 1 aromatic heterocycles. The third-order valence-electron chi connectivity index (χ3n) is 4.34. The van der Waals surface area contributed by atoms with Gasteiger partial charge in [-0.25, -0.2) is 4.68 Å². The zero-order valence-corrected chi connectivity index (χ0v) is 18.9. The second-order valence-electron chi connectivity index (χ2n) is 6.76. The summed E-state index contributed by atoms with van der Waals surface area (Å²) in [4.78, 5) is 16.3. The van der Waals surface area contributed by atoms with Gasteiger partial charge >= 0.3 is 0 Å². The lowest BCUT2D eigenvalue weighted by molar-refractivity contribution is -0.385. The topological polar surface area (TPSA) is 91.2 Å². The highest BCUT2D eigenvalue weighted by molar-refractivity contribution is 9.10. The predicted molar refractivity (Wildman–Crippen MR) is 123 cm³/mol. The van der Waals surface area contributed by atoms with Gasteiger partial charge in [-0.1, -0.05) is 40.2 Å². The van der Waals surface area contributed by atoms with E-state index < -0.39 is 4.92 Å². The first-order valence-corrected chi connectivity index (χ1v) is 10.8.